The van der Waals surface area contributed by atoms with Gasteiger partial charge in [-0.3, -0.25) is 14.5 Å². The summed E-state index contributed by atoms with van der Waals surface area (Å²) in [7, 11) is 0. The molecule has 2 aliphatic heterocycles. The molecule has 1 spiro atoms. The first-order valence-corrected chi connectivity index (χ1v) is 10.0. The Morgan fingerprint density at radius 1 is 1.15 bits per heavy atom. The van der Waals surface area contributed by atoms with Crippen LogP contribution in [-0.4, -0.2) is 46.3 Å². The molecular formula is C21H27N3O3. The predicted octanol–water partition coefficient (Wildman–Crippen LogP) is 2.85. The lowest BCUT2D eigenvalue weighted by atomic mass is 9.73. The number of benzene rings is 1. The van der Waals surface area contributed by atoms with E-state index in [2.05, 4.69) is 5.32 Å². The maximum absolute atomic E-state index is 13.1. The van der Waals surface area contributed by atoms with E-state index in [9.17, 15) is 14.4 Å². The molecule has 3 aliphatic rings. The second kappa shape index (κ2) is 6.98. The molecular weight excluding hydrogens is 342 g/mol. The maximum atomic E-state index is 13.1. The molecule has 1 aliphatic carbocycles. The summed E-state index contributed by atoms with van der Waals surface area (Å²) >= 11 is 0. The van der Waals surface area contributed by atoms with Crippen molar-refractivity contribution in [3.05, 3.63) is 35.9 Å². The predicted molar refractivity (Wildman–Crippen MR) is 101 cm³/mol. The number of urea groups is 1. The Hall–Kier alpha value is -2.37. The highest BCUT2D eigenvalue weighted by molar-refractivity contribution is 6.09. The highest BCUT2D eigenvalue weighted by Gasteiger charge is 2.55. The van der Waals surface area contributed by atoms with Crippen LogP contribution in [0.2, 0.25) is 0 Å². The van der Waals surface area contributed by atoms with Crippen molar-refractivity contribution in [1.29, 1.82) is 0 Å². The van der Waals surface area contributed by atoms with Gasteiger partial charge in [-0.25, -0.2) is 4.79 Å². The van der Waals surface area contributed by atoms with Crippen molar-refractivity contribution in [2.75, 3.05) is 13.1 Å². The van der Waals surface area contributed by atoms with Crippen LogP contribution in [0.15, 0.2) is 30.3 Å². The largest absolute Gasteiger partial charge is 0.334 e. The second-order valence-corrected chi connectivity index (χ2v) is 8.10. The Bertz CT molecular complexity index is 750. The van der Waals surface area contributed by atoms with E-state index in [0.29, 0.717) is 13.0 Å². The molecule has 27 heavy (non-hydrogen) atoms. The Labute approximate surface area is 159 Å². The van der Waals surface area contributed by atoms with Gasteiger partial charge in [-0.1, -0.05) is 50.1 Å². The standard InChI is InChI=1S/C21H27N3O3/c1-15-8-5-6-12-21(15)19(26)24(20(27)22-21)14-18(25)23-13-7-11-17(23)16-9-3-2-4-10-16/h2-4,9-10,15,17H,5-8,11-14H2,1H3,(H,22,27). The average molecular weight is 369 g/mol. The number of rotatable bonds is 3. The fraction of sp³-hybridized carbons (Fsp3) is 0.571. The number of nitrogens with zero attached hydrogens (tertiary/aromatic N) is 2. The summed E-state index contributed by atoms with van der Waals surface area (Å²) in [5, 5.41) is 2.92. The van der Waals surface area contributed by atoms with Crippen molar-refractivity contribution in [1.82, 2.24) is 15.1 Å². The Morgan fingerprint density at radius 3 is 2.67 bits per heavy atom. The summed E-state index contributed by atoms with van der Waals surface area (Å²) in [6, 6.07) is 9.58. The van der Waals surface area contributed by atoms with Crippen molar-refractivity contribution in [2.24, 2.45) is 5.92 Å². The van der Waals surface area contributed by atoms with Gasteiger partial charge in [0, 0.05) is 6.54 Å². The van der Waals surface area contributed by atoms with E-state index in [1.807, 2.05) is 42.2 Å². The Balaban J connectivity index is 1.49. The summed E-state index contributed by atoms with van der Waals surface area (Å²) in [4.78, 5) is 41.6. The third-order valence-electron chi connectivity index (χ3n) is 6.55. The van der Waals surface area contributed by atoms with E-state index in [4.69, 9.17) is 0 Å². The summed E-state index contributed by atoms with van der Waals surface area (Å²) in [5.41, 5.74) is 0.303. The van der Waals surface area contributed by atoms with Gasteiger partial charge in [0.25, 0.3) is 5.91 Å². The smallest absolute Gasteiger partial charge is 0.325 e. The molecule has 6 heteroatoms. The highest BCUT2D eigenvalue weighted by Crippen LogP contribution is 2.38. The van der Waals surface area contributed by atoms with Crippen LogP contribution < -0.4 is 5.32 Å². The van der Waals surface area contributed by atoms with E-state index >= 15 is 0 Å². The molecule has 6 nitrogen and oxygen atoms in total. The van der Waals surface area contributed by atoms with E-state index < -0.39 is 11.6 Å². The first-order valence-electron chi connectivity index (χ1n) is 10.0. The minimum absolute atomic E-state index is 0.0297. The average Bonchev–Trinajstić information content (AvgIpc) is 3.25. The molecule has 4 amide bonds. The van der Waals surface area contributed by atoms with Gasteiger partial charge >= 0.3 is 6.03 Å². The van der Waals surface area contributed by atoms with Crippen LogP contribution in [-0.2, 0) is 9.59 Å². The molecule has 0 radical (unpaired) electrons. The van der Waals surface area contributed by atoms with Crippen LogP contribution in [0, 0.1) is 5.92 Å². The number of carbonyl (C=O) groups excluding carboxylic acids is 3. The number of amides is 4. The van der Waals surface area contributed by atoms with Crippen molar-refractivity contribution < 1.29 is 14.4 Å². The normalized spacial score (nSPS) is 30.9. The second-order valence-electron chi connectivity index (χ2n) is 8.10. The minimum atomic E-state index is -0.806. The third kappa shape index (κ3) is 3.01. The van der Waals surface area contributed by atoms with E-state index in [1.165, 1.54) is 0 Å². The molecule has 1 aromatic rings. The molecule has 1 N–H and O–H groups in total. The summed E-state index contributed by atoms with van der Waals surface area (Å²) < 4.78 is 0. The molecule has 2 heterocycles. The molecule has 2 saturated heterocycles. The summed E-state index contributed by atoms with van der Waals surface area (Å²) in [6.45, 7) is 2.53. The SMILES string of the molecule is CC1CCCCC12NC(=O)N(CC(=O)N1CCCC1c1ccccc1)C2=O. The maximum Gasteiger partial charge on any atom is 0.325 e. The summed E-state index contributed by atoms with van der Waals surface area (Å²) in [5.74, 6) is -0.263. The molecule has 144 valence electrons. The van der Waals surface area contributed by atoms with Crippen molar-refractivity contribution in [2.45, 2.75) is 57.0 Å². The van der Waals surface area contributed by atoms with Gasteiger partial charge in [-0.15, -0.1) is 0 Å². The fourth-order valence-electron chi connectivity index (χ4n) is 4.95. The Morgan fingerprint density at radius 2 is 1.93 bits per heavy atom. The van der Waals surface area contributed by atoms with Crippen molar-refractivity contribution in [3.63, 3.8) is 0 Å². The number of hydrogen-bond acceptors (Lipinski definition) is 3. The molecule has 1 saturated carbocycles. The van der Waals surface area contributed by atoms with Gasteiger partial charge < -0.3 is 10.2 Å². The lowest BCUT2D eigenvalue weighted by Crippen LogP contribution is -2.54. The quantitative estimate of drug-likeness (QED) is 0.833. The molecule has 0 bridgehead atoms. The molecule has 0 aromatic heterocycles. The van der Waals surface area contributed by atoms with Crippen LogP contribution in [0.25, 0.3) is 0 Å². The van der Waals surface area contributed by atoms with Gasteiger partial charge in [0.15, 0.2) is 0 Å². The minimum Gasteiger partial charge on any atom is -0.334 e. The van der Waals surface area contributed by atoms with Crippen LogP contribution in [0.3, 0.4) is 0 Å². The molecule has 3 unspecified atom stereocenters. The van der Waals surface area contributed by atoms with Crippen LogP contribution >= 0.6 is 0 Å². The van der Waals surface area contributed by atoms with Gasteiger partial charge in [-0.2, -0.15) is 0 Å². The third-order valence-corrected chi connectivity index (χ3v) is 6.55. The molecule has 3 fully saturated rings. The molecule has 4 rings (SSSR count). The van der Waals surface area contributed by atoms with Gasteiger partial charge in [0.1, 0.15) is 12.1 Å². The van der Waals surface area contributed by atoms with Crippen LogP contribution in [0.1, 0.15) is 57.1 Å². The van der Waals surface area contributed by atoms with E-state index in [0.717, 1.165) is 42.6 Å². The van der Waals surface area contributed by atoms with Crippen molar-refractivity contribution >= 4 is 17.8 Å². The lowest BCUT2D eigenvalue weighted by Gasteiger charge is -2.36. The van der Waals surface area contributed by atoms with Gasteiger partial charge in [0.05, 0.1) is 6.04 Å². The van der Waals surface area contributed by atoms with Crippen LogP contribution in [0.4, 0.5) is 4.79 Å². The van der Waals surface area contributed by atoms with Crippen LogP contribution in [0.5, 0.6) is 0 Å². The van der Waals surface area contributed by atoms with E-state index in [-0.39, 0.29) is 30.3 Å². The first-order chi connectivity index (χ1) is 13.0. The zero-order valence-electron chi connectivity index (χ0n) is 15.8. The number of nitrogens with one attached hydrogen (secondary N) is 1. The van der Waals surface area contributed by atoms with Crippen molar-refractivity contribution in [3.8, 4) is 0 Å². The van der Waals surface area contributed by atoms with Gasteiger partial charge in [-0.05, 0) is 37.2 Å². The monoisotopic (exact) mass is 369 g/mol. The number of likely N-dealkylation sites (tertiary alicyclic amines) is 1. The number of hydrogen-bond donors (Lipinski definition) is 1. The zero-order valence-corrected chi connectivity index (χ0v) is 15.8. The number of carbonyl (C=O) groups is 3. The highest BCUT2D eigenvalue weighted by atomic mass is 16.2. The summed E-state index contributed by atoms with van der Waals surface area (Å²) in [6.07, 6.45) is 5.46. The van der Waals surface area contributed by atoms with E-state index in [1.54, 1.807) is 0 Å². The topological polar surface area (TPSA) is 69.7 Å². The molecule has 1 aromatic carbocycles. The first kappa shape index (κ1) is 18.0. The number of imide groups is 1. The lowest BCUT2D eigenvalue weighted by molar-refractivity contribution is -0.141. The molecule has 3 atom stereocenters. The Kier molecular flexibility index (Phi) is 4.66. The zero-order chi connectivity index (χ0) is 19.0. The fourth-order valence-corrected chi connectivity index (χ4v) is 4.95. The van der Waals surface area contributed by atoms with Gasteiger partial charge in [0.2, 0.25) is 5.91 Å².